The Morgan fingerprint density at radius 1 is 1.12 bits per heavy atom. The molecule has 0 aliphatic rings. The van der Waals surface area contributed by atoms with Gasteiger partial charge >= 0.3 is 5.97 Å². The van der Waals surface area contributed by atoms with E-state index < -0.39 is 5.97 Å². The van der Waals surface area contributed by atoms with Crippen LogP contribution in [0.5, 0.6) is 5.88 Å². The molecule has 0 bridgehead atoms. The first-order valence-electron chi connectivity index (χ1n) is 8.20. The highest BCUT2D eigenvalue weighted by Crippen LogP contribution is 2.22. The number of nitrogens with zero attached hydrogens (tertiary/aromatic N) is 2. The van der Waals surface area contributed by atoms with E-state index in [4.69, 9.17) is 16.3 Å². The van der Waals surface area contributed by atoms with Crippen LogP contribution in [0.2, 0.25) is 5.02 Å². The molecule has 0 unspecified atom stereocenters. The third-order valence-electron chi connectivity index (χ3n) is 3.79. The largest absolute Gasteiger partial charge is 0.404 e. The minimum absolute atomic E-state index is 0.409. The Morgan fingerprint density at radius 2 is 1.80 bits per heavy atom. The first kappa shape index (κ1) is 17.2. The van der Waals surface area contributed by atoms with Crippen LogP contribution >= 0.6 is 11.6 Å². The molecule has 0 N–H and O–H groups in total. The van der Waals surface area contributed by atoms with Crippen molar-refractivity contribution in [1.29, 1.82) is 0 Å². The van der Waals surface area contributed by atoms with Crippen molar-refractivity contribution in [3.8, 4) is 11.6 Å². The van der Waals surface area contributed by atoms with E-state index in [0.717, 1.165) is 29.8 Å². The summed E-state index contributed by atoms with van der Waals surface area (Å²) in [5.74, 6) is -0.0276. The second-order valence-corrected chi connectivity index (χ2v) is 6.30. The topological polar surface area (TPSA) is 44.1 Å². The molecule has 4 nitrogen and oxygen atoms in total. The van der Waals surface area contributed by atoms with Crippen LogP contribution in [0.25, 0.3) is 5.69 Å². The molecule has 0 saturated carbocycles. The second-order valence-electron chi connectivity index (χ2n) is 5.87. The van der Waals surface area contributed by atoms with Gasteiger partial charge in [-0.1, -0.05) is 42.6 Å². The molecule has 0 spiro atoms. The monoisotopic (exact) mass is 354 g/mol. The van der Waals surface area contributed by atoms with Gasteiger partial charge in [0.15, 0.2) is 0 Å². The summed E-state index contributed by atoms with van der Waals surface area (Å²) in [4.78, 5) is 12.4. The van der Waals surface area contributed by atoms with E-state index in [1.807, 2.05) is 37.3 Å². The van der Waals surface area contributed by atoms with E-state index in [2.05, 4.69) is 12.0 Å². The summed E-state index contributed by atoms with van der Waals surface area (Å²) < 4.78 is 7.27. The van der Waals surface area contributed by atoms with Gasteiger partial charge in [0.2, 0.25) is 5.88 Å². The van der Waals surface area contributed by atoms with Crippen molar-refractivity contribution in [3.63, 3.8) is 0 Å². The fourth-order valence-electron chi connectivity index (χ4n) is 2.47. The minimum atomic E-state index is -0.437. The van der Waals surface area contributed by atoms with E-state index >= 15 is 0 Å². The molecular weight excluding hydrogens is 336 g/mol. The zero-order valence-electron chi connectivity index (χ0n) is 14.2. The van der Waals surface area contributed by atoms with E-state index in [9.17, 15) is 4.79 Å². The molecule has 3 aromatic rings. The quantitative estimate of drug-likeness (QED) is 0.605. The highest BCUT2D eigenvalue weighted by molar-refractivity contribution is 6.30. The van der Waals surface area contributed by atoms with Gasteiger partial charge in [-0.3, -0.25) is 0 Å². The third kappa shape index (κ3) is 4.09. The Bertz CT molecular complexity index is 868. The number of aromatic nitrogens is 2. The molecule has 25 heavy (non-hydrogen) atoms. The van der Waals surface area contributed by atoms with Crippen LogP contribution < -0.4 is 4.74 Å². The number of carbonyl (C=O) groups is 1. The van der Waals surface area contributed by atoms with Crippen LogP contribution in [0.3, 0.4) is 0 Å². The molecule has 0 aliphatic carbocycles. The average Bonchev–Trinajstić information content (AvgIpc) is 2.99. The van der Waals surface area contributed by atoms with E-state index in [-0.39, 0.29) is 0 Å². The molecule has 0 saturated heterocycles. The molecular formula is C20H19ClN2O2. The van der Waals surface area contributed by atoms with Crippen LogP contribution in [-0.2, 0) is 6.42 Å². The zero-order valence-corrected chi connectivity index (χ0v) is 15.0. The van der Waals surface area contributed by atoms with Gasteiger partial charge in [-0.2, -0.15) is 5.10 Å². The van der Waals surface area contributed by atoms with Crippen LogP contribution in [-0.4, -0.2) is 15.7 Å². The van der Waals surface area contributed by atoms with Gasteiger partial charge in [0.05, 0.1) is 16.9 Å². The number of hydrogen-bond donors (Lipinski definition) is 0. The molecule has 0 amide bonds. The number of rotatable bonds is 5. The first-order valence-corrected chi connectivity index (χ1v) is 8.58. The number of aryl methyl sites for hydroxylation is 2. The molecule has 1 aromatic heterocycles. The van der Waals surface area contributed by atoms with Crippen LogP contribution in [0.1, 0.15) is 35.0 Å². The lowest BCUT2D eigenvalue weighted by Crippen LogP contribution is -2.11. The Morgan fingerprint density at radius 3 is 2.44 bits per heavy atom. The summed E-state index contributed by atoms with van der Waals surface area (Å²) in [5, 5.41) is 5.15. The Kier molecular flexibility index (Phi) is 5.19. The number of hydrogen-bond acceptors (Lipinski definition) is 3. The van der Waals surface area contributed by atoms with Crippen molar-refractivity contribution < 1.29 is 9.53 Å². The number of carbonyl (C=O) groups excluding carboxylic acids is 1. The van der Waals surface area contributed by atoms with E-state index in [0.29, 0.717) is 16.5 Å². The van der Waals surface area contributed by atoms with Crippen LogP contribution in [0.15, 0.2) is 54.6 Å². The Hall–Kier alpha value is -2.59. The summed E-state index contributed by atoms with van der Waals surface area (Å²) >= 11 is 5.87. The molecule has 0 radical (unpaired) electrons. The lowest BCUT2D eigenvalue weighted by atomic mass is 10.2. The van der Waals surface area contributed by atoms with Crippen molar-refractivity contribution >= 4 is 17.6 Å². The average molecular weight is 355 g/mol. The predicted octanol–water partition coefficient (Wildman–Crippen LogP) is 5.01. The second kappa shape index (κ2) is 7.53. The van der Waals surface area contributed by atoms with Crippen molar-refractivity contribution in [2.24, 2.45) is 0 Å². The lowest BCUT2D eigenvalue weighted by molar-refractivity contribution is 0.0723. The zero-order chi connectivity index (χ0) is 17.8. The fraction of sp³-hybridized carbons (Fsp3) is 0.200. The molecule has 128 valence electrons. The third-order valence-corrected chi connectivity index (χ3v) is 4.04. The fourth-order valence-corrected chi connectivity index (χ4v) is 2.60. The maximum atomic E-state index is 12.4. The smallest absolute Gasteiger partial charge is 0.344 e. The van der Waals surface area contributed by atoms with Gasteiger partial charge in [-0.05, 0) is 49.7 Å². The molecule has 0 aliphatic heterocycles. The Balaban J connectivity index is 1.92. The van der Waals surface area contributed by atoms with E-state index in [1.54, 1.807) is 28.9 Å². The van der Waals surface area contributed by atoms with Crippen molar-refractivity contribution in [2.75, 3.05) is 0 Å². The standard InChI is InChI=1S/C20H19ClN2O2/c1-3-4-17-13-19(23(22-17)18-11-5-14(2)6-12-18)25-20(24)15-7-9-16(21)10-8-15/h5-13H,3-4H2,1-2H3. The van der Waals surface area contributed by atoms with Crippen molar-refractivity contribution in [2.45, 2.75) is 26.7 Å². The summed E-state index contributed by atoms with van der Waals surface area (Å²) in [6, 6.07) is 16.3. The van der Waals surface area contributed by atoms with Crippen molar-refractivity contribution in [3.05, 3.63) is 76.4 Å². The predicted molar refractivity (Wildman–Crippen MR) is 98.7 cm³/mol. The van der Waals surface area contributed by atoms with Gasteiger partial charge in [0.1, 0.15) is 0 Å². The summed E-state index contributed by atoms with van der Waals surface area (Å²) in [6.45, 7) is 4.11. The van der Waals surface area contributed by atoms with Gasteiger partial charge in [0, 0.05) is 11.1 Å². The first-order chi connectivity index (χ1) is 12.1. The molecule has 2 aromatic carbocycles. The molecule has 0 atom stereocenters. The highest BCUT2D eigenvalue weighted by atomic mass is 35.5. The Labute approximate surface area is 152 Å². The molecule has 0 fully saturated rings. The number of esters is 1. The summed E-state index contributed by atoms with van der Waals surface area (Å²) in [5.41, 5.74) is 3.34. The van der Waals surface area contributed by atoms with Crippen LogP contribution in [0, 0.1) is 6.92 Å². The molecule has 3 rings (SSSR count). The normalized spacial score (nSPS) is 10.7. The maximum absolute atomic E-state index is 12.4. The SMILES string of the molecule is CCCc1cc(OC(=O)c2ccc(Cl)cc2)n(-c2ccc(C)cc2)n1. The van der Waals surface area contributed by atoms with Gasteiger partial charge < -0.3 is 4.74 Å². The minimum Gasteiger partial charge on any atom is -0.404 e. The number of halogens is 1. The number of ether oxygens (including phenoxy) is 1. The van der Waals surface area contributed by atoms with Gasteiger partial charge in [-0.25, -0.2) is 9.48 Å². The van der Waals surface area contributed by atoms with Crippen LogP contribution in [0.4, 0.5) is 0 Å². The van der Waals surface area contributed by atoms with Gasteiger partial charge in [0.25, 0.3) is 0 Å². The van der Waals surface area contributed by atoms with Gasteiger partial charge in [-0.15, -0.1) is 0 Å². The molecule has 1 heterocycles. The maximum Gasteiger partial charge on any atom is 0.344 e. The lowest BCUT2D eigenvalue weighted by Gasteiger charge is -2.08. The van der Waals surface area contributed by atoms with Crippen molar-refractivity contribution in [1.82, 2.24) is 9.78 Å². The molecule has 5 heteroatoms. The summed E-state index contributed by atoms with van der Waals surface area (Å²) in [7, 11) is 0. The summed E-state index contributed by atoms with van der Waals surface area (Å²) in [6.07, 6.45) is 1.79. The highest BCUT2D eigenvalue weighted by Gasteiger charge is 2.16. The number of benzene rings is 2. The van der Waals surface area contributed by atoms with E-state index in [1.165, 1.54) is 0 Å².